The first kappa shape index (κ1) is 17.8. The van der Waals surface area contributed by atoms with E-state index >= 15 is 0 Å². The number of hydrogen-bond donors (Lipinski definition) is 0. The summed E-state index contributed by atoms with van der Waals surface area (Å²) in [5.41, 5.74) is 0.862. The molecule has 2 aromatic rings. The van der Waals surface area contributed by atoms with Gasteiger partial charge >= 0.3 is 5.97 Å². The molecular formula is C17H20N2O5. The Morgan fingerprint density at radius 3 is 2.58 bits per heavy atom. The predicted molar refractivity (Wildman–Crippen MR) is 87.7 cm³/mol. The minimum atomic E-state index is -0.652. The normalized spacial score (nSPS) is 10.8. The molecule has 0 bridgehead atoms. The van der Waals surface area contributed by atoms with E-state index in [1.54, 1.807) is 31.5 Å². The minimum Gasteiger partial charge on any atom is -0.462 e. The van der Waals surface area contributed by atoms with Crippen molar-refractivity contribution in [1.82, 2.24) is 9.55 Å². The molecule has 0 aliphatic heterocycles. The molecule has 2 heterocycles. The smallest absolute Gasteiger partial charge is 0.343 e. The van der Waals surface area contributed by atoms with Gasteiger partial charge in [-0.05, 0) is 31.2 Å². The van der Waals surface area contributed by atoms with E-state index in [1.165, 1.54) is 24.9 Å². The highest BCUT2D eigenvalue weighted by atomic mass is 16.7. The molecule has 0 saturated carbocycles. The van der Waals surface area contributed by atoms with Gasteiger partial charge in [0.25, 0.3) is 5.56 Å². The molecular weight excluding hydrogens is 312 g/mol. The van der Waals surface area contributed by atoms with Crippen molar-refractivity contribution in [2.45, 2.75) is 19.8 Å². The standard InChI is InChI=1S/C17H20N2O5/c1-4-24-17(21)13-7-8-14(12-6-5-9-18-10-12)19(16(13)20)11-15(22-2)23-3/h5-10,15H,4,11H2,1-3H3. The van der Waals surface area contributed by atoms with E-state index in [2.05, 4.69) is 4.98 Å². The molecule has 0 spiro atoms. The molecule has 0 unspecified atom stereocenters. The van der Waals surface area contributed by atoms with Crippen LogP contribution in [-0.4, -0.2) is 42.6 Å². The van der Waals surface area contributed by atoms with Crippen molar-refractivity contribution in [3.05, 3.63) is 52.6 Å². The van der Waals surface area contributed by atoms with Crippen LogP contribution in [0.25, 0.3) is 11.3 Å². The summed E-state index contributed by atoms with van der Waals surface area (Å²) in [6, 6.07) is 6.76. The Bertz CT molecular complexity index is 738. The highest BCUT2D eigenvalue weighted by Gasteiger charge is 2.19. The Hall–Kier alpha value is -2.51. The number of nitrogens with zero attached hydrogens (tertiary/aromatic N) is 2. The molecule has 0 aliphatic rings. The molecule has 0 fully saturated rings. The number of aromatic nitrogens is 2. The number of pyridine rings is 2. The fraction of sp³-hybridized carbons (Fsp3) is 0.353. The molecule has 0 saturated heterocycles. The third-order valence-corrected chi connectivity index (χ3v) is 3.48. The third kappa shape index (κ3) is 3.87. The van der Waals surface area contributed by atoms with Gasteiger partial charge in [-0.2, -0.15) is 0 Å². The Kier molecular flexibility index (Phi) is 6.22. The molecule has 0 N–H and O–H groups in total. The maximum absolute atomic E-state index is 12.8. The molecule has 7 heteroatoms. The van der Waals surface area contributed by atoms with Gasteiger partial charge in [0.15, 0.2) is 6.29 Å². The van der Waals surface area contributed by atoms with Crippen LogP contribution >= 0.6 is 0 Å². The fourth-order valence-electron chi connectivity index (χ4n) is 2.28. The topological polar surface area (TPSA) is 79.7 Å². The molecule has 128 valence electrons. The van der Waals surface area contributed by atoms with E-state index in [1.807, 2.05) is 6.07 Å². The molecule has 2 aromatic heterocycles. The Balaban J connectivity index is 2.57. The van der Waals surface area contributed by atoms with Crippen molar-refractivity contribution in [3.8, 4) is 11.3 Å². The first-order valence-corrected chi connectivity index (χ1v) is 7.49. The molecule has 7 nitrogen and oxygen atoms in total. The van der Waals surface area contributed by atoms with Gasteiger partial charge in [-0.3, -0.25) is 9.78 Å². The minimum absolute atomic E-state index is 0.0320. The van der Waals surface area contributed by atoms with Crippen molar-refractivity contribution in [1.29, 1.82) is 0 Å². The summed E-state index contributed by atoms with van der Waals surface area (Å²) < 4.78 is 16.7. The number of carbonyl (C=O) groups is 1. The van der Waals surface area contributed by atoms with Crippen LogP contribution in [0.4, 0.5) is 0 Å². The van der Waals surface area contributed by atoms with E-state index in [0.717, 1.165) is 5.56 Å². The summed E-state index contributed by atoms with van der Waals surface area (Å²) in [5.74, 6) is -0.652. The lowest BCUT2D eigenvalue weighted by Crippen LogP contribution is -2.33. The van der Waals surface area contributed by atoms with Crippen molar-refractivity contribution < 1.29 is 19.0 Å². The molecule has 0 aromatic carbocycles. The summed E-state index contributed by atoms with van der Waals surface area (Å²) in [5, 5.41) is 0. The van der Waals surface area contributed by atoms with Crippen LogP contribution in [0.3, 0.4) is 0 Å². The lowest BCUT2D eigenvalue weighted by atomic mass is 10.1. The van der Waals surface area contributed by atoms with E-state index in [9.17, 15) is 9.59 Å². The number of hydrogen-bond acceptors (Lipinski definition) is 6. The van der Waals surface area contributed by atoms with Crippen molar-refractivity contribution in [3.63, 3.8) is 0 Å². The van der Waals surface area contributed by atoms with Crippen molar-refractivity contribution in [2.75, 3.05) is 20.8 Å². The Morgan fingerprint density at radius 2 is 2.00 bits per heavy atom. The van der Waals surface area contributed by atoms with E-state index in [4.69, 9.17) is 14.2 Å². The molecule has 0 amide bonds. The van der Waals surface area contributed by atoms with Gasteiger partial charge in [-0.1, -0.05) is 0 Å². The summed E-state index contributed by atoms with van der Waals surface area (Å²) in [4.78, 5) is 28.8. The molecule has 0 aliphatic carbocycles. The van der Waals surface area contributed by atoms with E-state index in [0.29, 0.717) is 5.69 Å². The highest BCUT2D eigenvalue weighted by molar-refractivity contribution is 5.89. The SMILES string of the molecule is CCOC(=O)c1ccc(-c2cccnc2)n(CC(OC)OC)c1=O. The van der Waals surface area contributed by atoms with Gasteiger partial charge in [0.2, 0.25) is 0 Å². The summed E-state index contributed by atoms with van der Waals surface area (Å²) in [6.45, 7) is 2.01. The zero-order valence-corrected chi connectivity index (χ0v) is 13.9. The predicted octanol–water partition coefficient (Wildman–Crippen LogP) is 1.71. The molecule has 0 atom stereocenters. The van der Waals surface area contributed by atoms with Crippen LogP contribution in [0.5, 0.6) is 0 Å². The van der Waals surface area contributed by atoms with Crippen LogP contribution in [-0.2, 0) is 20.8 Å². The number of ether oxygens (including phenoxy) is 3. The summed E-state index contributed by atoms with van der Waals surface area (Å²) in [6.07, 6.45) is 2.66. The number of methoxy groups -OCH3 is 2. The first-order valence-electron chi connectivity index (χ1n) is 7.49. The summed E-state index contributed by atoms with van der Waals surface area (Å²) >= 11 is 0. The molecule has 2 rings (SSSR count). The lowest BCUT2D eigenvalue weighted by Gasteiger charge is -2.19. The monoisotopic (exact) mass is 332 g/mol. The van der Waals surface area contributed by atoms with Crippen LogP contribution in [0.2, 0.25) is 0 Å². The van der Waals surface area contributed by atoms with Crippen molar-refractivity contribution in [2.24, 2.45) is 0 Å². The average molecular weight is 332 g/mol. The van der Waals surface area contributed by atoms with E-state index < -0.39 is 17.8 Å². The Morgan fingerprint density at radius 1 is 1.25 bits per heavy atom. The lowest BCUT2D eigenvalue weighted by molar-refractivity contribution is -0.111. The largest absolute Gasteiger partial charge is 0.462 e. The maximum Gasteiger partial charge on any atom is 0.343 e. The van der Waals surface area contributed by atoms with E-state index in [-0.39, 0.29) is 18.7 Å². The average Bonchev–Trinajstić information content (AvgIpc) is 2.61. The van der Waals surface area contributed by atoms with Gasteiger partial charge in [0.05, 0.1) is 18.8 Å². The van der Waals surface area contributed by atoms with Crippen LogP contribution in [0.15, 0.2) is 41.5 Å². The zero-order valence-electron chi connectivity index (χ0n) is 13.9. The highest BCUT2D eigenvalue weighted by Crippen LogP contribution is 2.18. The van der Waals surface area contributed by atoms with Gasteiger partial charge in [0, 0.05) is 32.2 Å². The molecule has 0 radical (unpaired) electrons. The summed E-state index contributed by atoms with van der Waals surface area (Å²) in [7, 11) is 2.97. The zero-order chi connectivity index (χ0) is 17.5. The van der Waals surface area contributed by atoms with Gasteiger partial charge in [-0.25, -0.2) is 4.79 Å². The Labute approximate surface area is 139 Å². The van der Waals surface area contributed by atoms with Crippen LogP contribution in [0, 0.1) is 0 Å². The van der Waals surface area contributed by atoms with Crippen molar-refractivity contribution >= 4 is 5.97 Å². The molecule has 24 heavy (non-hydrogen) atoms. The second-order valence-corrected chi connectivity index (χ2v) is 4.91. The second-order valence-electron chi connectivity index (χ2n) is 4.91. The van der Waals surface area contributed by atoms with Crippen LogP contribution in [0.1, 0.15) is 17.3 Å². The quantitative estimate of drug-likeness (QED) is 0.567. The van der Waals surface area contributed by atoms with Crippen LogP contribution < -0.4 is 5.56 Å². The van der Waals surface area contributed by atoms with Gasteiger partial charge < -0.3 is 18.8 Å². The maximum atomic E-state index is 12.8. The number of esters is 1. The third-order valence-electron chi connectivity index (χ3n) is 3.48. The fourth-order valence-corrected chi connectivity index (χ4v) is 2.28. The number of carbonyl (C=O) groups excluding carboxylic acids is 1. The van der Waals surface area contributed by atoms with Gasteiger partial charge in [0.1, 0.15) is 5.56 Å². The first-order chi connectivity index (χ1) is 11.6. The van der Waals surface area contributed by atoms with Gasteiger partial charge in [-0.15, -0.1) is 0 Å². The second kappa shape index (κ2) is 8.37. The number of rotatable bonds is 7.